The number of allylic oxidation sites excluding steroid dienone is 1. The molecule has 0 bridgehead atoms. The second-order valence-electron chi connectivity index (χ2n) is 8.20. The van der Waals surface area contributed by atoms with Crippen molar-refractivity contribution in [3.8, 4) is 0 Å². The number of hydrogen-bond acceptors (Lipinski definition) is 6. The van der Waals surface area contributed by atoms with Crippen LogP contribution in [0.5, 0.6) is 0 Å². The molecule has 13 heteroatoms. The molecule has 0 fully saturated rings. The molecule has 2 aromatic rings. The van der Waals surface area contributed by atoms with E-state index in [0.717, 1.165) is 31.1 Å². The van der Waals surface area contributed by atoms with Crippen molar-refractivity contribution in [2.24, 2.45) is 0 Å². The van der Waals surface area contributed by atoms with E-state index in [-0.39, 0.29) is 24.4 Å². The van der Waals surface area contributed by atoms with Gasteiger partial charge in [-0.25, -0.2) is 13.2 Å². The van der Waals surface area contributed by atoms with Gasteiger partial charge in [-0.2, -0.15) is 17.9 Å². The maximum absolute atomic E-state index is 14.7. The predicted octanol–water partition coefficient (Wildman–Crippen LogP) is 2.76. The first-order valence-electron chi connectivity index (χ1n) is 10.9. The van der Waals surface area contributed by atoms with E-state index in [1.165, 1.54) is 23.8 Å². The van der Waals surface area contributed by atoms with E-state index in [4.69, 9.17) is 0 Å². The Kier molecular flexibility index (Phi) is 7.79. The Bertz CT molecular complexity index is 1340. The maximum Gasteiger partial charge on any atom is 0.421 e. The highest BCUT2D eigenvalue weighted by Crippen LogP contribution is 2.46. The van der Waals surface area contributed by atoms with Gasteiger partial charge in [0.05, 0.1) is 17.6 Å². The molecular weight excluding hydrogens is 515 g/mol. The van der Waals surface area contributed by atoms with E-state index >= 15 is 0 Å². The predicted molar refractivity (Wildman–Crippen MR) is 126 cm³/mol. The average molecular weight is 540 g/mol. The van der Waals surface area contributed by atoms with Crippen LogP contribution in [0.2, 0.25) is 0 Å². The molecule has 1 atom stereocenters. The minimum atomic E-state index is -5.56. The summed E-state index contributed by atoms with van der Waals surface area (Å²) in [7, 11) is -4.19. The van der Waals surface area contributed by atoms with Crippen LogP contribution in [0.3, 0.4) is 0 Å². The van der Waals surface area contributed by atoms with E-state index in [9.17, 15) is 36.0 Å². The Morgan fingerprint density at radius 3 is 2.16 bits per heavy atom. The number of anilines is 1. The normalized spacial score (nSPS) is 18.2. The number of amides is 2. The molecule has 9 nitrogen and oxygen atoms in total. The first-order chi connectivity index (χ1) is 17.2. The van der Waals surface area contributed by atoms with Crippen molar-refractivity contribution in [2.45, 2.75) is 36.9 Å². The molecule has 0 unspecified atom stereocenters. The number of sulfonamides is 1. The zero-order valence-electron chi connectivity index (χ0n) is 20.0. The summed E-state index contributed by atoms with van der Waals surface area (Å²) in [5.41, 5.74) is -4.55. The first-order valence-corrected chi connectivity index (χ1v) is 12.4. The molecule has 0 saturated carbocycles. The molecule has 0 saturated heterocycles. The van der Waals surface area contributed by atoms with Crippen LogP contribution in [0, 0.1) is 0 Å². The molecule has 3 rings (SSSR count). The van der Waals surface area contributed by atoms with Gasteiger partial charge in [0.15, 0.2) is 0 Å². The van der Waals surface area contributed by atoms with Gasteiger partial charge in [0.25, 0.3) is 5.91 Å². The summed E-state index contributed by atoms with van der Waals surface area (Å²) in [6.07, 6.45) is -5.41. The third kappa shape index (κ3) is 5.37. The van der Waals surface area contributed by atoms with Crippen molar-refractivity contribution in [2.75, 3.05) is 19.0 Å². The van der Waals surface area contributed by atoms with Gasteiger partial charge >= 0.3 is 12.1 Å². The lowest BCUT2D eigenvalue weighted by Gasteiger charge is -2.32. The van der Waals surface area contributed by atoms with Crippen molar-refractivity contribution in [3.05, 3.63) is 71.4 Å². The third-order valence-corrected chi connectivity index (χ3v) is 7.23. The summed E-state index contributed by atoms with van der Waals surface area (Å²) in [4.78, 5) is 37.3. The Morgan fingerprint density at radius 1 is 1.05 bits per heavy atom. The van der Waals surface area contributed by atoms with Gasteiger partial charge < -0.3 is 15.0 Å². The molecule has 0 aromatic heterocycles. The van der Waals surface area contributed by atoms with E-state index in [0.29, 0.717) is 5.56 Å². The minimum absolute atomic E-state index is 0.143. The lowest BCUT2D eigenvalue weighted by molar-refractivity contribution is -0.190. The molecule has 198 valence electrons. The number of esters is 1. The lowest BCUT2D eigenvalue weighted by atomic mass is 9.90. The van der Waals surface area contributed by atoms with Gasteiger partial charge in [0.1, 0.15) is 0 Å². The standard InChI is InChI=1S/C24H24F3N3O6S/c1-15-20(21(32)36-3)23(24(25,26)27,22(33)30(15)14-13-17-7-5-4-6-8-17)29-37(34,35)19-11-9-18(10-12-19)28-16(2)31/h4-12,29H,13-14H2,1-3H3,(H,28,31)/t23-/m0/s1. The minimum Gasteiger partial charge on any atom is -0.466 e. The summed E-state index contributed by atoms with van der Waals surface area (Å²) < 4.78 is 76.4. The van der Waals surface area contributed by atoms with Crippen LogP contribution in [-0.4, -0.2) is 56.5 Å². The SMILES string of the molecule is COC(=O)C1=C(C)N(CCc2ccccc2)C(=O)[C@]1(NS(=O)(=O)c1ccc(NC(C)=O)cc1)C(F)(F)F. The molecule has 2 amide bonds. The second-order valence-corrected chi connectivity index (χ2v) is 9.89. The van der Waals surface area contributed by atoms with Crippen LogP contribution in [-0.2, 0) is 35.6 Å². The molecule has 1 aliphatic heterocycles. The van der Waals surface area contributed by atoms with Crippen molar-refractivity contribution in [1.82, 2.24) is 9.62 Å². The molecule has 0 spiro atoms. The summed E-state index contributed by atoms with van der Waals surface area (Å²) in [6, 6.07) is 12.9. The number of alkyl halides is 3. The third-order valence-electron chi connectivity index (χ3n) is 5.76. The largest absolute Gasteiger partial charge is 0.466 e. The van der Waals surface area contributed by atoms with Gasteiger partial charge in [-0.15, -0.1) is 0 Å². The Morgan fingerprint density at radius 2 is 1.65 bits per heavy atom. The summed E-state index contributed by atoms with van der Waals surface area (Å²) in [5.74, 6) is -3.62. The molecule has 1 heterocycles. The molecule has 0 aliphatic carbocycles. The summed E-state index contributed by atoms with van der Waals surface area (Å²) >= 11 is 0. The highest BCUT2D eigenvalue weighted by Gasteiger charge is 2.71. The topological polar surface area (TPSA) is 122 Å². The number of hydrogen-bond donors (Lipinski definition) is 2. The Hall–Kier alpha value is -3.71. The molecule has 0 radical (unpaired) electrons. The van der Waals surface area contributed by atoms with Crippen LogP contribution in [0.25, 0.3) is 0 Å². The molecule has 2 aromatic carbocycles. The number of methoxy groups -OCH3 is 1. The van der Waals surface area contributed by atoms with Crippen molar-refractivity contribution in [3.63, 3.8) is 0 Å². The van der Waals surface area contributed by atoms with Gasteiger partial charge in [-0.1, -0.05) is 30.3 Å². The Balaban J connectivity index is 2.08. The van der Waals surface area contributed by atoms with E-state index in [1.807, 2.05) is 0 Å². The van der Waals surface area contributed by atoms with E-state index in [2.05, 4.69) is 10.1 Å². The van der Waals surface area contributed by atoms with E-state index < -0.39 is 50.0 Å². The van der Waals surface area contributed by atoms with Crippen LogP contribution >= 0.6 is 0 Å². The number of nitrogens with one attached hydrogen (secondary N) is 2. The first kappa shape index (κ1) is 27.9. The second kappa shape index (κ2) is 10.3. The summed E-state index contributed by atoms with van der Waals surface area (Å²) in [6.45, 7) is 2.09. The zero-order chi connectivity index (χ0) is 27.6. The van der Waals surface area contributed by atoms with Crippen molar-refractivity contribution in [1.29, 1.82) is 0 Å². The number of carbonyl (C=O) groups is 3. The Labute approximate surface area is 211 Å². The lowest BCUT2D eigenvalue weighted by Crippen LogP contribution is -2.66. The number of rotatable bonds is 8. The molecular formula is C24H24F3N3O6S. The van der Waals surface area contributed by atoms with Gasteiger partial charge in [-0.05, 0) is 43.2 Å². The quantitative estimate of drug-likeness (QED) is 0.498. The smallest absolute Gasteiger partial charge is 0.421 e. The summed E-state index contributed by atoms with van der Waals surface area (Å²) in [5, 5.41) is 2.40. The number of halogens is 3. The van der Waals surface area contributed by atoms with Gasteiger partial charge in [0, 0.05) is 24.9 Å². The van der Waals surface area contributed by atoms with Crippen LogP contribution < -0.4 is 10.0 Å². The number of benzene rings is 2. The monoisotopic (exact) mass is 539 g/mol. The van der Waals surface area contributed by atoms with Crippen LogP contribution in [0.4, 0.5) is 18.9 Å². The van der Waals surface area contributed by atoms with Crippen molar-refractivity contribution >= 4 is 33.5 Å². The fraction of sp³-hybridized carbons (Fsp3) is 0.292. The van der Waals surface area contributed by atoms with Gasteiger partial charge in [-0.3, -0.25) is 9.59 Å². The fourth-order valence-corrected chi connectivity index (χ4v) is 5.34. The number of nitrogens with zero attached hydrogens (tertiary/aromatic N) is 1. The zero-order valence-corrected chi connectivity index (χ0v) is 20.9. The maximum atomic E-state index is 14.7. The molecule has 37 heavy (non-hydrogen) atoms. The molecule has 2 N–H and O–H groups in total. The highest BCUT2D eigenvalue weighted by molar-refractivity contribution is 7.89. The fourth-order valence-electron chi connectivity index (χ4n) is 4.02. The van der Waals surface area contributed by atoms with Gasteiger partial charge in [0.2, 0.25) is 21.5 Å². The number of carbonyl (C=O) groups excluding carboxylic acids is 3. The molecule has 1 aliphatic rings. The van der Waals surface area contributed by atoms with Crippen LogP contribution in [0.1, 0.15) is 19.4 Å². The van der Waals surface area contributed by atoms with Crippen molar-refractivity contribution < 1.29 is 40.7 Å². The van der Waals surface area contributed by atoms with E-state index in [1.54, 1.807) is 30.3 Å². The number of ether oxygens (including phenoxy) is 1. The highest BCUT2D eigenvalue weighted by atomic mass is 32.2. The van der Waals surface area contributed by atoms with Crippen LogP contribution in [0.15, 0.2) is 70.8 Å². The average Bonchev–Trinajstić information content (AvgIpc) is 3.04.